The zero-order chi connectivity index (χ0) is 9.61. The van der Waals surface area contributed by atoms with E-state index in [1.54, 1.807) is 0 Å². The van der Waals surface area contributed by atoms with Gasteiger partial charge in [0.25, 0.3) is 0 Å². The van der Waals surface area contributed by atoms with Crippen LogP contribution in [-0.2, 0) is 9.47 Å². The van der Waals surface area contributed by atoms with Gasteiger partial charge >= 0.3 is 0 Å². The molecule has 0 fully saturated rings. The van der Waals surface area contributed by atoms with Crippen molar-refractivity contribution in [3.63, 3.8) is 0 Å². The Morgan fingerprint density at radius 3 is 2.00 bits per heavy atom. The smallest absolute Gasteiger partial charge is 0.243 e. The van der Waals surface area contributed by atoms with Crippen LogP contribution >= 0.6 is 0 Å². The van der Waals surface area contributed by atoms with Crippen molar-refractivity contribution in [2.24, 2.45) is 0 Å². The van der Waals surface area contributed by atoms with Crippen molar-refractivity contribution in [3.05, 3.63) is 0 Å². The van der Waals surface area contributed by atoms with Gasteiger partial charge < -0.3 is 9.47 Å². The first-order valence-corrected chi connectivity index (χ1v) is 3.98. The lowest BCUT2D eigenvalue weighted by Crippen LogP contribution is -2.35. The van der Waals surface area contributed by atoms with E-state index in [1.165, 1.54) is 14.2 Å². The van der Waals surface area contributed by atoms with E-state index in [4.69, 9.17) is 9.47 Å². The van der Waals surface area contributed by atoms with E-state index in [0.717, 1.165) is 6.42 Å². The molecule has 0 aromatic heterocycles. The molecule has 0 bridgehead atoms. The Balaban J connectivity index is 4.13. The van der Waals surface area contributed by atoms with E-state index in [-0.39, 0.29) is 6.42 Å². The molecule has 0 aromatic carbocycles. The number of alkyl halides is 2. The van der Waals surface area contributed by atoms with E-state index in [2.05, 4.69) is 0 Å². The summed E-state index contributed by atoms with van der Waals surface area (Å²) in [6.45, 7) is 1.90. The second kappa shape index (κ2) is 5.43. The molecule has 0 heterocycles. The summed E-state index contributed by atoms with van der Waals surface area (Å²) in [6.07, 6.45) is -1.51. The number of rotatable bonds is 6. The molecule has 0 aliphatic carbocycles. The van der Waals surface area contributed by atoms with Gasteiger partial charge in [-0.25, -0.2) is 8.78 Å². The molecule has 0 radical (unpaired) electrons. The molecule has 0 saturated carbocycles. The molecule has 0 N–H and O–H groups in total. The monoisotopic (exact) mass is 182 g/mol. The Morgan fingerprint density at radius 1 is 1.25 bits per heavy atom. The van der Waals surface area contributed by atoms with Gasteiger partial charge in [-0.3, -0.25) is 0 Å². The summed E-state index contributed by atoms with van der Waals surface area (Å²) in [5, 5.41) is 0. The third-order valence-electron chi connectivity index (χ3n) is 1.84. The van der Waals surface area contributed by atoms with Crippen LogP contribution in [0.1, 0.15) is 26.2 Å². The molecule has 0 amide bonds. The Bertz CT molecular complexity index is 114. The van der Waals surface area contributed by atoms with Gasteiger partial charge in [0.2, 0.25) is 6.43 Å². The molecule has 0 saturated heterocycles. The van der Waals surface area contributed by atoms with Crippen molar-refractivity contribution in [3.8, 4) is 0 Å². The SMILES string of the molecule is CCCC(CC(F)F)(OC)OC. The predicted octanol–water partition coefficient (Wildman–Crippen LogP) is 2.43. The van der Waals surface area contributed by atoms with Gasteiger partial charge in [-0.05, 0) is 0 Å². The average Bonchev–Trinajstić information content (AvgIpc) is 2.03. The molecule has 0 aliphatic rings. The molecule has 0 rings (SSSR count). The summed E-state index contributed by atoms with van der Waals surface area (Å²) in [4.78, 5) is 0. The van der Waals surface area contributed by atoms with Crippen molar-refractivity contribution in [2.45, 2.75) is 38.4 Å². The van der Waals surface area contributed by atoms with Crippen molar-refractivity contribution in [2.75, 3.05) is 14.2 Å². The summed E-state index contributed by atoms with van der Waals surface area (Å²) in [6, 6.07) is 0. The predicted molar refractivity (Wildman–Crippen MR) is 42.3 cm³/mol. The highest BCUT2D eigenvalue weighted by Gasteiger charge is 2.32. The third-order valence-corrected chi connectivity index (χ3v) is 1.84. The second-order valence-corrected chi connectivity index (χ2v) is 2.66. The van der Waals surface area contributed by atoms with Gasteiger partial charge in [-0.1, -0.05) is 13.3 Å². The van der Waals surface area contributed by atoms with Crippen LogP contribution in [0, 0.1) is 0 Å². The molecule has 12 heavy (non-hydrogen) atoms. The van der Waals surface area contributed by atoms with E-state index >= 15 is 0 Å². The molecule has 0 spiro atoms. The molecule has 2 nitrogen and oxygen atoms in total. The summed E-state index contributed by atoms with van der Waals surface area (Å²) < 4.78 is 34.0. The van der Waals surface area contributed by atoms with Crippen LogP contribution in [0.3, 0.4) is 0 Å². The summed E-state index contributed by atoms with van der Waals surface area (Å²) in [5.74, 6) is -1.09. The van der Waals surface area contributed by atoms with Crippen LogP contribution in [-0.4, -0.2) is 26.4 Å². The molecule has 0 aliphatic heterocycles. The van der Waals surface area contributed by atoms with Gasteiger partial charge in [0.15, 0.2) is 5.79 Å². The van der Waals surface area contributed by atoms with Crippen LogP contribution in [0.4, 0.5) is 8.78 Å². The fourth-order valence-electron chi connectivity index (χ4n) is 1.17. The van der Waals surface area contributed by atoms with Crippen LogP contribution in [0.2, 0.25) is 0 Å². The fraction of sp³-hybridized carbons (Fsp3) is 1.00. The number of halogens is 2. The molecule has 0 atom stereocenters. The number of hydrogen-bond acceptors (Lipinski definition) is 2. The molecule has 4 heteroatoms. The van der Waals surface area contributed by atoms with Crippen LogP contribution < -0.4 is 0 Å². The Kier molecular flexibility index (Phi) is 5.33. The van der Waals surface area contributed by atoms with E-state index < -0.39 is 12.2 Å². The lowest BCUT2D eigenvalue weighted by molar-refractivity contribution is -0.229. The van der Waals surface area contributed by atoms with Gasteiger partial charge in [0.05, 0.1) is 6.42 Å². The minimum atomic E-state index is -2.39. The number of ether oxygens (including phenoxy) is 2. The van der Waals surface area contributed by atoms with Gasteiger partial charge in [-0.2, -0.15) is 0 Å². The topological polar surface area (TPSA) is 18.5 Å². The minimum Gasteiger partial charge on any atom is -0.353 e. The van der Waals surface area contributed by atoms with Crippen molar-refractivity contribution in [1.29, 1.82) is 0 Å². The zero-order valence-electron chi connectivity index (χ0n) is 7.77. The lowest BCUT2D eigenvalue weighted by Gasteiger charge is -2.30. The molecular formula is C8H16F2O2. The second-order valence-electron chi connectivity index (χ2n) is 2.66. The number of hydrogen-bond donors (Lipinski definition) is 0. The third kappa shape index (κ3) is 3.45. The first kappa shape index (κ1) is 11.8. The lowest BCUT2D eigenvalue weighted by atomic mass is 10.1. The maximum atomic E-state index is 12.1. The average molecular weight is 182 g/mol. The maximum absolute atomic E-state index is 12.1. The highest BCUT2D eigenvalue weighted by molar-refractivity contribution is 4.69. The van der Waals surface area contributed by atoms with Crippen LogP contribution in [0.5, 0.6) is 0 Å². The van der Waals surface area contributed by atoms with E-state index in [1.807, 2.05) is 6.92 Å². The molecule has 74 valence electrons. The first-order valence-electron chi connectivity index (χ1n) is 3.98. The summed E-state index contributed by atoms with van der Waals surface area (Å²) in [5.41, 5.74) is 0. The Morgan fingerprint density at radius 2 is 1.75 bits per heavy atom. The summed E-state index contributed by atoms with van der Waals surface area (Å²) in [7, 11) is 2.78. The quantitative estimate of drug-likeness (QED) is 0.587. The van der Waals surface area contributed by atoms with E-state index in [0.29, 0.717) is 6.42 Å². The largest absolute Gasteiger partial charge is 0.353 e. The Hall–Kier alpha value is -0.220. The summed E-state index contributed by atoms with van der Waals surface area (Å²) >= 11 is 0. The fourth-order valence-corrected chi connectivity index (χ4v) is 1.17. The first-order chi connectivity index (χ1) is 5.60. The van der Waals surface area contributed by atoms with Crippen molar-refractivity contribution in [1.82, 2.24) is 0 Å². The van der Waals surface area contributed by atoms with Crippen molar-refractivity contribution >= 4 is 0 Å². The van der Waals surface area contributed by atoms with Crippen LogP contribution in [0.25, 0.3) is 0 Å². The normalized spacial score (nSPS) is 12.5. The van der Waals surface area contributed by atoms with Crippen molar-refractivity contribution < 1.29 is 18.3 Å². The molecule has 0 unspecified atom stereocenters. The highest BCUT2D eigenvalue weighted by Crippen LogP contribution is 2.25. The molecule has 0 aromatic rings. The zero-order valence-corrected chi connectivity index (χ0v) is 7.77. The number of methoxy groups -OCH3 is 2. The minimum absolute atomic E-state index is 0.367. The highest BCUT2D eigenvalue weighted by atomic mass is 19.3. The van der Waals surface area contributed by atoms with Gasteiger partial charge in [0, 0.05) is 20.6 Å². The van der Waals surface area contributed by atoms with Gasteiger partial charge in [0.1, 0.15) is 0 Å². The van der Waals surface area contributed by atoms with Crippen LogP contribution in [0.15, 0.2) is 0 Å². The molecular weight excluding hydrogens is 166 g/mol. The maximum Gasteiger partial charge on any atom is 0.243 e. The van der Waals surface area contributed by atoms with E-state index in [9.17, 15) is 8.78 Å². The van der Waals surface area contributed by atoms with Gasteiger partial charge in [-0.15, -0.1) is 0 Å². The standard InChI is InChI=1S/C8H16F2O2/c1-4-5-8(11-2,12-3)6-7(9)10/h7H,4-6H2,1-3H3. The Labute approximate surface area is 71.9 Å².